The van der Waals surface area contributed by atoms with E-state index in [0.717, 1.165) is 89.9 Å². The Morgan fingerprint density at radius 2 is 0.947 bits per heavy atom. The summed E-state index contributed by atoms with van der Waals surface area (Å²) in [6, 6.07) is -0.718. The van der Waals surface area contributed by atoms with Gasteiger partial charge in [0.15, 0.2) is 0 Å². The number of hydrogen-bond acceptors (Lipinski definition) is 5. The first-order chi connectivity index (χ1) is 28.0. The van der Waals surface area contributed by atoms with Gasteiger partial charge in [0, 0.05) is 6.42 Å². The standard InChI is InChI=1S/C51H89NO5/c1-4-7-10-13-16-19-22-23-24-25-26-27-29-32-35-38-41-44-51(56)57-47(42-39-36-33-30-21-18-15-12-9-6-3)45-50(55)52-48(46-53)49(54)43-40-37-34-31-28-20-17-14-11-8-5-2/h7,10,16,18-19,21,23-24,26-27,32,35,47-49,53-54H,4-6,8-9,11-15,17,20,22,25,28-31,33-34,36-46H2,1-3H3,(H,52,55)/b10-7-,19-16-,21-18-,24-23-,27-26-,35-32-. The van der Waals surface area contributed by atoms with E-state index in [0.29, 0.717) is 25.7 Å². The van der Waals surface area contributed by atoms with Crippen LogP contribution in [0.4, 0.5) is 0 Å². The third-order valence-corrected chi connectivity index (χ3v) is 10.3. The highest BCUT2D eigenvalue weighted by Crippen LogP contribution is 2.16. The summed E-state index contributed by atoms with van der Waals surface area (Å²) in [6.45, 7) is 6.30. The quantitative estimate of drug-likeness (QED) is 0.0325. The lowest BCUT2D eigenvalue weighted by atomic mass is 10.0. The number of esters is 1. The molecule has 6 nitrogen and oxygen atoms in total. The minimum atomic E-state index is -0.801. The fourth-order valence-electron chi connectivity index (χ4n) is 6.69. The molecule has 3 atom stereocenters. The van der Waals surface area contributed by atoms with Gasteiger partial charge in [-0.3, -0.25) is 9.59 Å². The summed E-state index contributed by atoms with van der Waals surface area (Å²) < 4.78 is 5.86. The molecule has 0 spiro atoms. The molecule has 0 saturated heterocycles. The van der Waals surface area contributed by atoms with Crippen molar-refractivity contribution in [3.8, 4) is 0 Å². The van der Waals surface area contributed by atoms with Gasteiger partial charge in [-0.1, -0.05) is 184 Å². The van der Waals surface area contributed by atoms with E-state index in [4.69, 9.17) is 4.74 Å². The number of aliphatic hydroxyl groups is 2. The number of ether oxygens (including phenoxy) is 1. The van der Waals surface area contributed by atoms with Crippen LogP contribution in [0, 0.1) is 0 Å². The number of aliphatic hydroxyl groups excluding tert-OH is 2. The highest BCUT2D eigenvalue weighted by atomic mass is 16.5. The second-order valence-corrected chi connectivity index (χ2v) is 15.8. The van der Waals surface area contributed by atoms with Crippen LogP contribution >= 0.6 is 0 Å². The predicted octanol–water partition coefficient (Wildman–Crippen LogP) is 13.8. The van der Waals surface area contributed by atoms with E-state index in [-0.39, 0.29) is 24.9 Å². The van der Waals surface area contributed by atoms with Crippen molar-refractivity contribution in [2.24, 2.45) is 0 Å². The summed E-state index contributed by atoms with van der Waals surface area (Å²) in [5, 5.41) is 23.6. The first kappa shape index (κ1) is 54.3. The highest BCUT2D eigenvalue weighted by Gasteiger charge is 2.24. The number of allylic oxidation sites excluding steroid dienone is 12. The van der Waals surface area contributed by atoms with Gasteiger partial charge in [-0.15, -0.1) is 0 Å². The Labute approximate surface area is 351 Å². The van der Waals surface area contributed by atoms with Gasteiger partial charge in [0.1, 0.15) is 6.10 Å². The number of amides is 1. The van der Waals surface area contributed by atoms with Crippen molar-refractivity contribution in [2.45, 2.75) is 232 Å². The monoisotopic (exact) mass is 796 g/mol. The van der Waals surface area contributed by atoms with Gasteiger partial charge in [0.25, 0.3) is 0 Å². The number of hydrogen-bond donors (Lipinski definition) is 3. The van der Waals surface area contributed by atoms with Crippen molar-refractivity contribution in [3.63, 3.8) is 0 Å². The maximum absolute atomic E-state index is 13.1. The first-order valence-electron chi connectivity index (χ1n) is 23.7. The van der Waals surface area contributed by atoms with Gasteiger partial charge in [-0.05, 0) is 89.9 Å². The second-order valence-electron chi connectivity index (χ2n) is 15.8. The lowest BCUT2D eigenvalue weighted by Gasteiger charge is -2.24. The lowest BCUT2D eigenvalue weighted by Crippen LogP contribution is -2.46. The Morgan fingerprint density at radius 3 is 1.49 bits per heavy atom. The van der Waals surface area contributed by atoms with E-state index >= 15 is 0 Å². The van der Waals surface area contributed by atoms with Crippen LogP contribution in [-0.2, 0) is 14.3 Å². The fraction of sp³-hybridized carbons (Fsp3) is 0.725. The summed E-state index contributed by atoms with van der Waals surface area (Å²) >= 11 is 0. The average molecular weight is 796 g/mol. The number of carbonyl (C=O) groups is 2. The molecule has 57 heavy (non-hydrogen) atoms. The van der Waals surface area contributed by atoms with Crippen LogP contribution in [0.25, 0.3) is 0 Å². The molecular weight excluding hydrogens is 707 g/mol. The molecule has 0 radical (unpaired) electrons. The van der Waals surface area contributed by atoms with E-state index in [2.05, 4.69) is 99.0 Å². The zero-order valence-electron chi connectivity index (χ0n) is 37.2. The largest absolute Gasteiger partial charge is 0.462 e. The van der Waals surface area contributed by atoms with Crippen molar-refractivity contribution in [3.05, 3.63) is 72.9 Å². The summed E-state index contributed by atoms with van der Waals surface area (Å²) in [4.78, 5) is 26.0. The lowest BCUT2D eigenvalue weighted by molar-refractivity contribution is -0.151. The third-order valence-electron chi connectivity index (χ3n) is 10.3. The Morgan fingerprint density at radius 1 is 0.526 bits per heavy atom. The summed E-state index contributed by atoms with van der Waals surface area (Å²) in [6.07, 6.45) is 55.4. The van der Waals surface area contributed by atoms with E-state index in [9.17, 15) is 19.8 Å². The number of carbonyl (C=O) groups excluding carboxylic acids is 2. The Kier molecular flexibility index (Phi) is 42.3. The van der Waals surface area contributed by atoms with Crippen LogP contribution in [0.1, 0.15) is 213 Å². The zero-order chi connectivity index (χ0) is 41.7. The normalized spacial score (nSPS) is 14.0. The van der Waals surface area contributed by atoms with Gasteiger partial charge in [0.05, 0.1) is 25.2 Å². The molecule has 0 rings (SSSR count). The predicted molar refractivity (Wildman–Crippen MR) is 245 cm³/mol. The van der Waals surface area contributed by atoms with Crippen LogP contribution in [-0.4, -0.2) is 46.9 Å². The van der Waals surface area contributed by atoms with E-state index in [1.165, 1.54) is 70.6 Å². The molecule has 0 bridgehead atoms. The van der Waals surface area contributed by atoms with E-state index in [1.54, 1.807) is 0 Å². The van der Waals surface area contributed by atoms with Crippen molar-refractivity contribution < 1.29 is 24.5 Å². The van der Waals surface area contributed by atoms with Gasteiger partial charge in [-0.25, -0.2) is 0 Å². The second kappa shape index (κ2) is 44.4. The summed E-state index contributed by atoms with van der Waals surface area (Å²) in [5.41, 5.74) is 0. The molecule has 3 unspecified atom stereocenters. The molecule has 0 aliphatic heterocycles. The maximum Gasteiger partial charge on any atom is 0.306 e. The van der Waals surface area contributed by atoms with Gasteiger partial charge < -0.3 is 20.3 Å². The fourth-order valence-corrected chi connectivity index (χ4v) is 6.69. The molecule has 0 aromatic carbocycles. The van der Waals surface area contributed by atoms with Gasteiger partial charge in [-0.2, -0.15) is 0 Å². The highest BCUT2D eigenvalue weighted by molar-refractivity contribution is 5.77. The molecule has 1 amide bonds. The topological polar surface area (TPSA) is 95.9 Å². The minimum Gasteiger partial charge on any atom is -0.462 e. The molecule has 6 heteroatoms. The van der Waals surface area contributed by atoms with Crippen LogP contribution in [0.15, 0.2) is 72.9 Å². The molecule has 0 heterocycles. The Hall–Kier alpha value is -2.70. The maximum atomic E-state index is 13.1. The Bertz CT molecular complexity index is 1070. The number of rotatable bonds is 41. The van der Waals surface area contributed by atoms with E-state index in [1.807, 2.05) is 0 Å². The molecule has 328 valence electrons. The SMILES string of the molecule is CC/C=C\C/C=C\C/C=C\C/C=C\C/C=C\CCCC(=O)OC(CCCCC/C=C\CCCCC)CC(=O)NC(CO)C(O)CCCCCCCCCCCCC. The molecule has 0 aromatic heterocycles. The molecular formula is C51H89NO5. The third kappa shape index (κ3) is 39.9. The summed E-state index contributed by atoms with van der Waals surface area (Å²) in [5.74, 6) is -0.566. The molecule has 0 saturated carbocycles. The van der Waals surface area contributed by atoms with Crippen LogP contribution in [0.2, 0.25) is 0 Å². The average Bonchev–Trinajstić information content (AvgIpc) is 3.20. The molecule has 3 N–H and O–H groups in total. The first-order valence-corrected chi connectivity index (χ1v) is 23.7. The zero-order valence-corrected chi connectivity index (χ0v) is 37.2. The molecule has 0 aliphatic carbocycles. The van der Waals surface area contributed by atoms with Crippen LogP contribution in [0.3, 0.4) is 0 Å². The van der Waals surface area contributed by atoms with Crippen LogP contribution < -0.4 is 5.32 Å². The smallest absolute Gasteiger partial charge is 0.306 e. The molecule has 0 fully saturated rings. The van der Waals surface area contributed by atoms with Crippen LogP contribution in [0.5, 0.6) is 0 Å². The van der Waals surface area contributed by atoms with Crippen molar-refractivity contribution in [1.29, 1.82) is 0 Å². The Balaban J connectivity index is 4.66. The molecule has 0 aromatic rings. The van der Waals surface area contributed by atoms with Crippen molar-refractivity contribution in [2.75, 3.05) is 6.61 Å². The van der Waals surface area contributed by atoms with Crippen molar-refractivity contribution in [1.82, 2.24) is 5.32 Å². The van der Waals surface area contributed by atoms with E-state index < -0.39 is 18.2 Å². The number of unbranched alkanes of at least 4 members (excludes halogenated alkanes) is 17. The van der Waals surface area contributed by atoms with Crippen molar-refractivity contribution >= 4 is 11.9 Å². The molecule has 0 aliphatic rings. The van der Waals surface area contributed by atoms with Gasteiger partial charge >= 0.3 is 5.97 Å². The summed E-state index contributed by atoms with van der Waals surface area (Å²) in [7, 11) is 0. The van der Waals surface area contributed by atoms with Gasteiger partial charge in [0.2, 0.25) is 5.91 Å². The number of nitrogens with one attached hydrogen (secondary N) is 1. The minimum absolute atomic E-state index is 0.0412.